The lowest BCUT2D eigenvalue weighted by molar-refractivity contribution is -0.170. The van der Waals surface area contributed by atoms with Crippen LogP contribution in [0.1, 0.15) is 53.4 Å². The van der Waals surface area contributed by atoms with Crippen LogP contribution in [0.2, 0.25) is 0 Å². The first-order valence-electron chi connectivity index (χ1n) is 6.21. The molecule has 0 aromatic carbocycles. The molecule has 0 saturated carbocycles. The van der Waals surface area contributed by atoms with Crippen molar-refractivity contribution < 1.29 is 14.3 Å². The zero-order valence-corrected chi connectivity index (χ0v) is 11.0. The maximum absolute atomic E-state index is 12.0. The van der Waals surface area contributed by atoms with Crippen molar-refractivity contribution in [2.45, 2.75) is 59.0 Å². The highest BCUT2D eigenvalue weighted by molar-refractivity contribution is 5.76. The van der Waals surface area contributed by atoms with Gasteiger partial charge in [0.05, 0.1) is 12.0 Å². The lowest BCUT2D eigenvalue weighted by Crippen LogP contribution is -2.37. The number of hydrogen-bond acceptors (Lipinski definition) is 3. The van der Waals surface area contributed by atoms with Crippen LogP contribution in [0.3, 0.4) is 0 Å². The molecule has 0 bridgehead atoms. The van der Waals surface area contributed by atoms with Crippen LogP contribution in [-0.4, -0.2) is 24.8 Å². The zero-order valence-electron chi connectivity index (χ0n) is 11.0. The molecule has 1 heterocycles. The molecule has 1 rings (SSSR count). The van der Waals surface area contributed by atoms with Gasteiger partial charge in [0.25, 0.3) is 0 Å². The zero-order chi connectivity index (χ0) is 12.2. The summed E-state index contributed by atoms with van der Waals surface area (Å²) in [6.07, 6.45) is 3.48. The van der Waals surface area contributed by atoms with Crippen LogP contribution >= 0.6 is 0 Å². The van der Waals surface area contributed by atoms with E-state index in [1.807, 2.05) is 27.7 Å². The number of rotatable bonds is 3. The number of carbonyl (C=O) groups is 1. The maximum Gasteiger partial charge on any atom is 0.312 e. The van der Waals surface area contributed by atoms with Crippen molar-refractivity contribution in [2.24, 2.45) is 5.41 Å². The molecular formula is C13H24O3. The molecule has 0 radical (unpaired) electrons. The quantitative estimate of drug-likeness (QED) is 0.697. The van der Waals surface area contributed by atoms with Gasteiger partial charge in [0.1, 0.15) is 5.60 Å². The van der Waals surface area contributed by atoms with Crippen molar-refractivity contribution in [1.82, 2.24) is 0 Å². The Bertz CT molecular complexity index is 238. The minimum absolute atomic E-state index is 0.0839. The number of ether oxygens (including phenoxy) is 2. The Kier molecular flexibility index (Phi) is 4.36. The topological polar surface area (TPSA) is 35.5 Å². The highest BCUT2D eigenvalue weighted by Crippen LogP contribution is 2.30. The third-order valence-corrected chi connectivity index (χ3v) is 3.55. The molecule has 3 nitrogen and oxygen atoms in total. The van der Waals surface area contributed by atoms with Gasteiger partial charge in [-0.15, -0.1) is 0 Å². The van der Waals surface area contributed by atoms with Crippen molar-refractivity contribution in [2.75, 3.05) is 13.2 Å². The summed E-state index contributed by atoms with van der Waals surface area (Å²) in [5.74, 6) is -0.0839. The fourth-order valence-corrected chi connectivity index (χ4v) is 1.67. The van der Waals surface area contributed by atoms with E-state index >= 15 is 0 Å². The average Bonchev–Trinajstić information content (AvgIpc) is 2.43. The lowest BCUT2D eigenvalue weighted by Gasteiger charge is -2.32. The molecule has 1 saturated heterocycles. The van der Waals surface area contributed by atoms with Crippen molar-refractivity contribution in [3.8, 4) is 0 Å². The molecule has 1 aliphatic heterocycles. The van der Waals surface area contributed by atoms with Crippen molar-refractivity contribution in [1.29, 1.82) is 0 Å². The van der Waals surface area contributed by atoms with E-state index < -0.39 is 0 Å². The molecule has 1 fully saturated rings. The standard InChI is InChI=1S/C13H24O3/c1-5-12(2,3)11(14)16-13(4)7-6-9-15-10-8-13/h5-10H2,1-4H3. The fraction of sp³-hybridized carbons (Fsp3) is 0.923. The molecule has 0 aromatic rings. The van der Waals surface area contributed by atoms with Crippen LogP contribution in [0.25, 0.3) is 0 Å². The summed E-state index contributed by atoms with van der Waals surface area (Å²) in [7, 11) is 0. The first-order chi connectivity index (χ1) is 7.40. The summed E-state index contributed by atoms with van der Waals surface area (Å²) in [6.45, 7) is 9.38. The summed E-state index contributed by atoms with van der Waals surface area (Å²) in [5.41, 5.74) is -0.712. The number of carbonyl (C=O) groups excluding carboxylic acids is 1. The third-order valence-electron chi connectivity index (χ3n) is 3.55. The Hall–Kier alpha value is -0.570. The summed E-state index contributed by atoms with van der Waals surface area (Å²) < 4.78 is 11.1. The Morgan fingerprint density at radius 1 is 1.38 bits per heavy atom. The molecule has 0 aromatic heterocycles. The van der Waals surface area contributed by atoms with E-state index in [9.17, 15) is 4.79 Å². The van der Waals surface area contributed by atoms with Gasteiger partial charge in [-0.2, -0.15) is 0 Å². The van der Waals surface area contributed by atoms with Crippen LogP contribution in [0.4, 0.5) is 0 Å². The van der Waals surface area contributed by atoms with Gasteiger partial charge >= 0.3 is 5.97 Å². The summed E-state index contributed by atoms with van der Waals surface area (Å²) in [4.78, 5) is 12.0. The first-order valence-corrected chi connectivity index (χ1v) is 6.21. The molecular weight excluding hydrogens is 204 g/mol. The summed E-state index contributed by atoms with van der Waals surface area (Å²) >= 11 is 0. The Morgan fingerprint density at radius 2 is 2.06 bits per heavy atom. The normalized spacial score (nSPS) is 27.2. The second-order valence-corrected chi connectivity index (χ2v) is 5.54. The van der Waals surface area contributed by atoms with Gasteiger partial charge < -0.3 is 9.47 Å². The second-order valence-electron chi connectivity index (χ2n) is 5.54. The van der Waals surface area contributed by atoms with Crippen molar-refractivity contribution >= 4 is 5.97 Å². The molecule has 0 aliphatic carbocycles. The predicted octanol–water partition coefficient (Wildman–Crippen LogP) is 2.93. The third kappa shape index (κ3) is 3.48. The van der Waals surface area contributed by atoms with E-state index in [1.54, 1.807) is 0 Å². The molecule has 3 heteroatoms. The molecule has 1 atom stereocenters. The number of hydrogen-bond donors (Lipinski definition) is 0. The van der Waals surface area contributed by atoms with E-state index in [2.05, 4.69) is 0 Å². The molecule has 94 valence electrons. The van der Waals surface area contributed by atoms with Crippen LogP contribution < -0.4 is 0 Å². The summed E-state index contributed by atoms with van der Waals surface area (Å²) in [6, 6.07) is 0. The Balaban J connectivity index is 2.60. The monoisotopic (exact) mass is 228 g/mol. The molecule has 0 spiro atoms. The van der Waals surface area contributed by atoms with E-state index in [4.69, 9.17) is 9.47 Å². The van der Waals surface area contributed by atoms with E-state index in [0.717, 1.165) is 32.3 Å². The van der Waals surface area contributed by atoms with Gasteiger partial charge in [-0.1, -0.05) is 6.92 Å². The van der Waals surface area contributed by atoms with Gasteiger partial charge in [0.2, 0.25) is 0 Å². The first kappa shape index (κ1) is 13.5. The second kappa shape index (κ2) is 5.17. The van der Waals surface area contributed by atoms with Crippen molar-refractivity contribution in [3.05, 3.63) is 0 Å². The van der Waals surface area contributed by atoms with E-state index in [-0.39, 0.29) is 17.0 Å². The van der Waals surface area contributed by atoms with Crippen LogP contribution in [-0.2, 0) is 14.3 Å². The average molecular weight is 228 g/mol. The highest BCUT2D eigenvalue weighted by atomic mass is 16.6. The van der Waals surface area contributed by atoms with Gasteiger partial charge in [0, 0.05) is 13.0 Å². The molecule has 1 unspecified atom stereocenters. The van der Waals surface area contributed by atoms with Crippen LogP contribution in [0.5, 0.6) is 0 Å². The van der Waals surface area contributed by atoms with E-state index in [0.29, 0.717) is 6.61 Å². The minimum Gasteiger partial charge on any atom is -0.459 e. The van der Waals surface area contributed by atoms with Gasteiger partial charge in [-0.3, -0.25) is 4.79 Å². The molecule has 0 N–H and O–H groups in total. The summed E-state index contributed by atoms with van der Waals surface area (Å²) in [5, 5.41) is 0. The molecule has 16 heavy (non-hydrogen) atoms. The van der Waals surface area contributed by atoms with Crippen LogP contribution in [0, 0.1) is 5.41 Å². The Labute approximate surface area is 98.5 Å². The van der Waals surface area contributed by atoms with Gasteiger partial charge in [-0.05, 0) is 40.0 Å². The van der Waals surface area contributed by atoms with Gasteiger partial charge in [0.15, 0.2) is 0 Å². The smallest absolute Gasteiger partial charge is 0.312 e. The molecule has 1 aliphatic rings. The molecule has 0 amide bonds. The largest absolute Gasteiger partial charge is 0.459 e. The highest BCUT2D eigenvalue weighted by Gasteiger charge is 2.35. The van der Waals surface area contributed by atoms with E-state index in [1.165, 1.54) is 0 Å². The predicted molar refractivity (Wildman–Crippen MR) is 63.2 cm³/mol. The number of esters is 1. The van der Waals surface area contributed by atoms with Crippen LogP contribution in [0.15, 0.2) is 0 Å². The van der Waals surface area contributed by atoms with Crippen molar-refractivity contribution in [3.63, 3.8) is 0 Å². The minimum atomic E-state index is -0.379. The van der Waals surface area contributed by atoms with Gasteiger partial charge in [-0.25, -0.2) is 0 Å². The Morgan fingerprint density at radius 3 is 2.69 bits per heavy atom. The maximum atomic E-state index is 12.0. The lowest BCUT2D eigenvalue weighted by atomic mass is 9.89. The SMILES string of the molecule is CCC(C)(C)C(=O)OC1(C)CCCOCC1. The fourth-order valence-electron chi connectivity index (χ4n) is 1.67.